The Hall–Kier alpha value is -3.14. The van der Waals surface area contributed by atoms with Gasteiger partial charge >= 0.3 is 5.97 Å². The number of nitrogens with zero attached hydrogens (tertiary/aromatic N) is 2. The number of esters is 1. The lowest BCUT2D eigenvalue weighted by atomic mass is 10.2. The van der Waals surface area contributed by atoms with Crippen LogP contribution in [0.4, 0.5) is 11.4 Å². The summed E-state index contributed by atoms with van der Waals surface area (Å²) in [5.74, 6) is -0.306. The zero-order valence-corrected chi connectivity index (χ0v) is 15.7. The van der Waals surface area contributed by atoms with Crippen LogP contribution >= 0.6 is 0 Å². The summed E-state index contributed by atoms with van der Waals surface area (Å²) in [7, 11) is -1.61. The summed E-state index contributed by atoms with van der Waals surface area (Å²) >= 11 is 0. The molecule has 0 atom stereocenters. The van der Waals surface area contributed by atoms with Crippen molar-refractivity contribution in [3.63, 3.8) is 0 Å². The predicted molar refractivity (Wildman–Crippen MR) is 97.4 cm³/mol. The number of carbonyl (C=O) groups excluding carboxylic acids is 1. The van der Waals surface area contributed by atoms with Gasteiger partial charge in [-0.1, -0.05) is 6.07 Å². The number of nitro benzene ring substituents is 1. The number of ether oxygens (including phenoxy) is 2. The number of carbonyl (C=O) groups is 1. The summed E-state index contributed by atoms with van der Waals surface area (Å²) in [5.41, 5.74) is 0.252. The third kappa shape index (κ3) is 4.34. The number of hydrogen-bond donors (Lipinski definition) is 0. The van der Waals surface area contributed by atoms with Gasteiger partial charge in [-0.25, -0.2) is 8.42 Å². The second-order valence-electron chi connectivity index (χ2n) is 5.50. The predicted octanol–water partition coefficient (Wildman–Crippen LogP) is 2.28. The first-order valence-electron chi connectivity index (χ1n) is 7.69. The maximum Gasteiger partial charge on any atom is 0.326 e. The molecule has 0 aliphatic heterocycles. The summed E-state index contributed by atoms with van der Waals surface area (Å²) in [6, 6.07) is 9.24. The summed E-state index contributed by atoms with van der Waals surface area (Å²) in [5, 5.41) is 11.0. The minimum Gasteiger partial charge on any atom is -0.496 e. The van der Waals surface area contributed by atoms with Crippen LogP contribution in [0, 0.1) is 17.0 Å². The van der Waals surface area contributed by atoms with Gasteiger partial charge in [-0.2, -0.15) is 0 Å². The fraction of sp³-hybridized carbons (Fsp3) is 0.235. The zero-order valence-electron chi connectivity index (χ0n) is 14.9. The third-order valence-corrected chi connectivity index (χ3v) is 5.55. The monoisotopic (exact) mass is 394 g/mol. The summed E-state index contributed by atoms with van der Waals surface area (Å²) in [4.78, 5) is 22.1. The van der Waals surface area contributed by atoms with Gasteiger partial charge in [-0.05, 0) is 36.8 Å². The molecular weight excluding hydrogens is 376 g/mol. The SMILES string of the molecule is COC(=O)CN(c1cccc([N+](=O)[O-])c1)S(=O)(=O)c1ccc(OC)c(C)c1. The number of aryl methyl sites for hydroxylation is 1. The molecule has 0 aliphatic rings. The molecule has 0 radical (unpaired) electrons. The van der Waals surface area contributed by atoms with Gasteiger partial charge in [0.2, 0.25) is 0 Å². The molecule has 27 heavy (non-hydrogen) atoms. The highest BCUT2D eigenvalue weighted by molar-refractivity contribution is 7.92. The molecule has 0 unspecified atom stereocenters. The number of rotatable bonds is 7. The van der Waals surface area contributed by atoms with Gasteiger partial charge in [0.25, 0.3) is 15.7 Å². The molecule has 9 nitrogen and oxygen atoms in total. The van der Waals surface area contributed by atoms with Crippen LogP contribution in [0.1, 0.15) is 5.56 Å². The first-order valence-corrected chi connectivity index (χ1v) is 9.13. The van der Waals surface area contributed by atoms with E-state index in [0.29, 0.717) is 11.3 Å². The van der Waals surface area contributed by atoms with E-state index in [9.17, 15) is 23.3 Å². The van der Waals surface area contributed by atoms with Crippen molar-refractivity contribution in [2.24, 2.45) is 0 Å². The standard InChI is InChI=1S/C17H18N2O7S/c1-12-9-15(7-8-16(12)25-2)27(23,24)18(11-17(20)26-3)13-5-4-6-14(10-13)19(21)22/h4-10H,11H2,1-3H3. The second kappa shape index (κ2) is 8.04. The molecule has 2 rings (SSSR count). The maximum absolute atomic E-state index is 13.1. The molecule has 0 fully saturated rings. The van der Waals surface area contributed by atoms with Crippen LogP contribution < -0.4 is 9.04 Å². The Bertz CT molecular complexity index is 973. The van der Waals surface area contributed by atoms with E-state index in [0.717, 1.165) is 17.5 Å². The average Bonchev–Trinajstić information content (AvgIpc) is 2.65. The molecule has 0 spiro atoms. The Kier molecular flexibility index (Phi) is 6.01. The highest BCUT2D eigenvalue weighted by Gasteiger charge is 2.29. The molecular formula is C17H18N2O7S. The van der Waals surface area contributed by atoms with E-state index < -0.39 is 27.5 Å². The van der Waals surface area contributed by atoms with E-state index in [1.54, 1.807) is 6.92 Å². The Morgan fingerprint density at radius 2 is 1.89 bits per heavy atom. The van der Waals surface area contributed by atoms with Crippen LogP contribution in [0.2, 0.25) is 0 Å². The van der Waals surface area contributed by atoms with Crippen molar-refractivity contribution in [3.8, 4) is 5.75 Å². The molecule has 144 valence electrons. The maximum atomic E-state index is 13.1. The van der Waals surface area contributed by atoms with Gasteiger partial charge in [0.15, 0.2) is 0 Å². The molecule has 2 aromatic carbocycles. The van der Waals surface area contributed by atoms with E-state index >= 15 is 0 Å². The number of benzene rings is 2. The number of anilines is 1. The molecule has 0 heterocycles. The molecule has 0 aliphatic carbocycles. The smallest absolute Gasteiger partial charge is 0.326 e. The van der Waals surface area contributed by atoms with Gasteiger partial charge < -0.3 is 9.47 Å². The van der Waals surface area contributed by atoms with Gasteiger partial charge in [0, 0.05) is 12.1 Å². The minimum atomic E-state index is -4.19. The molecule has 0 N–H and O–H groups in total. The first-order chi connectivity index (χ1) is 12.7. The molecule has 2 aromatic rings. The van der Waals surface area contributed by atoms with E-state index in [-0.39, 0.29) is 16.3 Å². The van der Waals surface area contributed by atoms with Crippen molar-refractivity contribution in [2.75, 3.05) is 25.1 Å². The average molecular weight is 394 g/mol. The van der Waals surface area contributed by atoms with E-state index in [2.05, 4.69) is 4.74 Å². The highest BCUT2D eigenvalue weighted by Crippen LogP contribution is 2.29. The molecule has 0 saturated carbocycles. The zero-order chi connectivity index (χ0) is 20.2. The lowest BCUT2D eigenvalue weighted by Crippen LogP contribution is -2.36. The Balaban J connectivity index is 2.59. The topological polar surface area (TPSA) is 116 Å². The van der Waals surface area contributed by atoms with Crippen molar-refractivity contribution in [2.45, 2.75) is 11.8 Å². The van der Waals surface area contributed by atoms with Gasteiger partial charge in [0.05, 0.1) is 29.7 Å². The highest BCUT2D eigenvalue weighted by atomic mass is 32.2. The number of sulfonamides is 1. The van der Waals surface area contributed by atoms with Gasteiger partial charge in [-0.3, -0.25) is 19.2 Å². The Morgan fingerprint density at radius 3 is 2.44 bits per heavy atom. The van der Waals surface area contributed by atoms with Crippen molar-refractivity contribution < 1.29 is 27.6 Å². The molecule has 0 bridgehead atoms. The minimum absolute atomic E-state index is 0.0249. The number of methoxy groups -OCH3 is 2. The van der Waals surface area contributed by atoms with Crippen LogP contribution in [0.25, 0.3) is 0 Å². The summed E-state index contributed by atoms with van der Waals surface area (Å²) in [6.07, 6.45) is 0. The van der Waals surface area contributed by atoms with Gasteiger partial charge in [-0.15, -0.1) is 0 Å². The number of non-ortho nitro benzene ring substituents is 1. The van der Waals surface area contributed by atoms with Crippen LogP contribution in [-0.4, -0.2) is 40.1 Å². The van der Waals surface area contributed by atoms with Crippen LogP contribution in [-0.2, 0) is 19.6 Å². The van der Waals surface area contributed by atoms with Gasteiger partial charge in [0.1, 0.15) is 12.3 Å². The van der Waals surface area contributed by atoms with Crippen molar-refractivity contribution in [1.29, 1.82) is 0 Å². The van der Waals surface area contributed by atoms with Crippen LogP contribution in [0.5, 0.6) is 5.75 Å². The molecule has 0 aromatic heterocycles. The fourth-order valence-corrected chi connectivity index (χ4v) is 3.88. The molecule has 0 amide bonds. The first kappa shape index (κ1) is 20.2. The molecule has 0 saturated heterocycles. The Labute approximate surface area is 156 Å². The van der Waals surface area contributed by atoms with Crippen molar-refractivity contribution in [3.05, 3.63) is 58.1 Å². The largest absolute Gasteiger partial charge is 0.496 e. The second-order valence-corrected chi connectivity index (χ2v) is 7.36. The lowest BCUT2D eigenvalue weighted by molar-refractivity contribution is -0.384. The van der Waals surface area contributed by atoms with Crippen molar-refractivity contribution in [1.82, 2.24) is 0 Å². The fourth-order valence-electron chi connectivity index (χ4n) is 2.40. The molecule has 10 heteroatoms. The van der Waals surface area contributed by atoms with E-state index in [4.69, 9.17) is 4.74 Å². The van der Waals surface area contributed by atoms with Crippen molar-refractivity contribution >= 4 is 27.4 Å². The summed E-state index contributed by atoms with van der Waals surface area (Å²) < 4.78 is 36.7. The van der Waals surface area contributed by atoms with Crippen LogP contribution in [0.3, 0.4) is 0 Å². The lowest BCUT2D eigenvalue weighted by Gasteiger charge is -2.23. The van der Waals surface area contributed by atoms with Crippen LogP contribution in [0.15, 0.2) is 47.4 Å². The quantitative estimate of drug-likeness (QED) is 0.402. The number of nitro groups is 1. The third-order valence-electron chi connectivity index (χ3n) is 3.78. The number of hydrogen-bond acceptors (Lipinski definition) is 7. The van der Waals surface area contributed by atoms with E-state index in [1.165, 1.54) is 43.5 Å². The Morgan fingerprint density at radius 1 is 1.19 bits per heavy atom. The normalized spacial score (nSPS) is 10.9. The summed E-state index contributed by atoms with van der Waals surface area (Å²) in [6.45, 7) is 1.04. The van der Waals surface area contributed by atoms with E-state index in [1.807, 2.05) is 0 Å².